The highest BCUT2D eigenvalue weighted by Gasteiger charge is 2.23. The van der Waals surface area contributed by atoms with Crippen molar-refractivity contribution in [1.29, 1.82) is 0 Å². The van der Waals surface area contributed by atoms with Crippen LogP contribution in [-0.4, -0.2) is 8.42 Å². The second kappa shape index (κ2) is 5.40. The molecular formula is C12H7BrClF2NO2S. The fourth-order valence-electron chi connectivity index (χ4n) is 1.73. The van der Waals surface area contributed by atoms with E-state index in [0.29, 0.717) is 0 Å². The molecule has 0 radical (unpaired) electrons. The highest BCUT2D eigenvalue weighted by molar-refractivity contribution is 9.10. The molecule has 2 rings (SSSR count). The Bertz CT molecular complexity index is 796. The molecular weight excluding hydrogens is 376 g/mol. The monoisotopic (exact) mass is 381 g/mol. The van der Waals surface area contributed by atoms with Crippen LogP contribution in [0.3, 0.4) is 0 Å². The molecule has 2 N–H and O–H groups in total. The number of hydrogen-bond acceptors (Lipinski definition) is 2. The first-order valence-electron chi connectivity index (χ1n) is 5.18. The molecule has 0 atom stereocenters. The van der Waals surface area contributed by atoms with Crippen molar-refractivity contribution in [2.24, 2.45) is 5.14 Å². The minimum absolute atomic E-state index is 0.0994. The topological polar surface area (TPSA) is 60.2 Å². The molecule has 0 heterocycles. The Labute approximate surface area is 127 Å². The highest BCUT2D eigenvalue weighted by Crippen LogP contribution is 2.38. The van der Waals surface area contributed by atoms with E-state index < -0.39 is 26.6 Å². The molecule has 2 aromatic carbocycles. The Morgan fingerprint density at radius 1 is 1.10 bits per heavy atom. The van der Waals surface area contributed by atoms with E-state index in [0.717, 1.165) is 6.07 Å². The maximum atomic E-state index is 13.8. The standard InChI is InChI=1S/C12H7BrClF2NO2S/c13-8-5-4-7(12(10(8)14)20(17,18)19)6-2-1-3-9(15)11(6)16/h1-5H,(H2,17,18,19). The lowest BCUT2D eigenvalue weighted by atomic mass is 10.0. The van der Waals surface area contributed by atoms with Crippen LogP contribution < -0.4 is 5.14 Å². The average Bonchev–Trinajstić information content (AvgIpc) is 2.34. The summed E-state index contributed by atoms with van der Waals surface area (Å²) in [4.78, 5) is -0.460. The van der Waals surface area contributed by atoms with Crippen molar-refractivity contribution in [2.75, 3.05) is 0 Å². The first-order chi connectivity index (χ1) is 9.23. The second-order valence-electron chi connectivity index (χ2n) is 3.88. The van der Waals surface area contributed by atoms with Crippen LogP contribution in [0.4, 0.5) is 8.78 Å². The smallest absolute Gasteiger partial charge is 0.225 e. The van der Waals surface area contributed by atoms with Crippen LogP contribution in [0.2, 0.25) is 5.02 Å². The van der Waals surface area contributed by atoms with E-state index in [1.165, 1.54) is 24.3 Å². The molecule has 2 aromatic rings. The summed E-state index contributed by atoms with van der Waals surface area (Å²) in [7, 11) is -4.22. The summed E-state index contributed by atoms with van der Waals surface area (Å²) in [6.07, 6.45) is 0. The molecule has 0 amide bonds. The summed E-state index contributed by atoms with van der Waals surface area (Å²) in [5.74, 6) is -2.27. The van der Waals surface area contributed by atoms with Gasteiger partial charge in [0.25, 0.3) is 0 Å². The zero-order valence-corrected chi connectivity index (χ0v) is 12.9. The lowest BCUT2D eigenvalue weighted by Gasteiger charge is -2.12. The first kappa shape index (κ1) is 15.4. The van der Waals surface area contributed by atoms with Crippen molar-refractivity contribution in [3.8, 4) is 11.1 Å². The van der Waals surface area contributed by atoms with Crippen LogP contribution in [0.5, 0.6) is 0 Å². The Kier molecular flexibility index (Phi) is 4.15. The van der Waals surface area contributed by atoms with Gasteiger partial charge in [0.05, 0.1) is 5.02 Å². The van der Waals surface area contributed by atoms with Gasteiger partial charge >= 0.3 is 0 Å². The molecule has 3 nitrogen and oxygen atoms in total. The predicted octanol–water partition coefficient (Wildman–Crippen LogP) is 3.70. The van der Waals surface area contributed by atoms with Crippen LogP contribution in [0, 0.1) is 11.6 Å². The molecule has 0 saturated carbocycles. The van der Waals surface area contributed by atoms with Crippen molar-refractivity contribution in [2.45, 2.75) is 4.90 Å². The largest absolute Gasteiger partial charge is 0.240 e. The van der Waals surface area contributed by atoms with Gasteiger partial charge in [0, 0.05) is 15.6 Å². The zero-order valence-electron chi connectivity index (χ0n) is 9.70. The van der Waals surface area contributed by atoms with Gasteiger partial charge in [0.2, 0.25) is 10.0 Å². The third kappa shape index (κ3) is 2.71. The van der Waals surface area contributed by atoms with Crippen LogP contribution in [-0.2, 0) is 10.0 Å². The maximum Gasteiger partial charge on any atom is 0.240 e. The third-order valence-corrected chi connectivity index (χ3v) is 4.96. The molecule has 0 fully saturated rings. The predicted molar refractivity (Wildman–Crippen MR) is 75.9 cm³/mol. The minimum Gasteiger partial charge on any atom is -0.225 e. The molecule has 0 unspecified atom stereocenters. The Morgan fingerprint density at radius 2 is 1.75 bits per heavy atom. The van der Waals surface area contributed by atoms with E-state index >= 15 is 0 Å². The summed E-state index contributed by atoms with van der Waals surface area (Å²) in [6, 6.07) is 6.16. The van der Waals surface area contributed by atoms with Gasteiger partial charge in [-0.3, -0.25) is 0 Å². The van der Waals surface area contributed by atoms with Crippen molar-refractivity contribution >= 4 is 37.6 Å². The lowest BCUT2D eigenvalue weighted by Crippen LogP contribution is -2.14. The van der Waals surface area contributed by atoms with Gasteiger partial charge in [0.15, 0.2) is 11.6 Å². The van der Waals surface area contributed by atoms with E-state index in [-0.39, 0.29) is 20.6 Å². The number of hydrogen-bond donors (Lipinski definition) is 1. The molecule has 0 bridgehead atoms. The highest BCUT2D eigenvalue weighted by atomic mass is 79.9. The maximum absolute atomic E-state index is 13.8. The average molecular weight is 383 g/mol. The minimum atomic E-state index is -4.22. The molecule has 0 aromatic heterocycles. The summed E-state index contributed by atoms with van der Waals surface area (Å²) >= 11 is 8.96. The number of rotatable bonds is 2. The van der Waals surface area contributed by atoms with Gasteiger partial charge < -0.3 is 0 Å². The molecule has 0 saturated heterocycles. The fraction of sp³-hybridized carbons (Fsp3) is 0. The van der Waals surface area contributed by atoms with Crippen molar-refractivity contribution in [1.82, 2.24) is 0 Å². The quantitative estimate of drug-likeness (QED) is 0.861. The van der Waals surface area contributed by atoms with Crippen LogP contribution >= 0.6 is 27.5 Å². The van der Waals surface area contributed by atoms with Gasteiger partial charge in [-0.05, 0) is 28.1 Å². The van der Waals surface area contributed by atoms with Gasteiger partial charge in [-0.2, -0.15) is 0 Å². The number of benzene rings is 2. The van der Waals surface area contributed by atoms with E-state index in [9.17, 15) is 17.2 Å². The molecule has 106 valence electrons. The summed E-state index contributed by atoms with van der Waals surface area (Å²) in [6.45, 7) is 0. The summed E-state index contributed by atoms with van der Waals surface area (Å²) in [5, 5.41) is 4.92. The van der Waals surface area contributed by atoms with Crippen LogP contribution in [0.1, 0.15) is 0 Å². The van der Waals surface area contributed by atoms with E-state index in [1.54, 1.807) is 0 Å². The SMILES string of the molecule is NS(=O)(=O)c1c(-c2cccc(F)c2F)ccc(Br)c1Cl. The molecule has 20 heavy (non-hydrogen) atoms. The first-order valence-corrected chi connectivity index (χ1v) is 7.90. The van der Waals surface area contributed by atoms with Gasteiger partial charge in [-0.25, -0.2) is 22.3 Å². The van der Waals surface area contributed by atoms with Crippen LogP contribution in [0.25, 0.3) is 11.1 Å². The molecule has 0 aliphatic heterocycles. The Morgan fingerprint density at radius 3 is 2.35 bits per heavy atom. The molecule has 0 spiro atoms. The second-order valence-corrected chi connectivity index (χ2v) is 6.62. The lowest BCUT2D eigenvalue weighted by molar-refractivity contribution is 0.511. The fourth-order valence-corrected chi connectivity index (χ4v) is 3.53. The van der Waals surface area contributed by atoms with Crippen molar-refractivity contribution in [3.63, 3.8) is 0 Å². The summed E-state index contributed by atoms with van der Waals surface area (Å²) < 4.78 is 50.7. The van der Waals surface area contributed by atoms with E-state index in [4.69, 9.17) is 16.7 Å². The Hall–Kier alpha value is -1.02. The van der Waals surface area contributed by atoms with Crippen molar-refractivity contribution < 1.29 is 17.2 Å². The van der Waals surface area contributed by atoms with Gasteiger partial charge in [0.1, 0.15) is 4.90 Å². The van der Waals surface area contributed by atoms with Gasteiger partial charge in [-0.15, -0.1) is 0 Å². The number of sulfonamides is 1. The zero-order chi connectivity index (χ0) is 15.1. The van der Waals surface area contributed by atoms with Crippen molar-refractivity contribution in [3.05, 3.63) is 51.5 Å². The number of nitrogens with two attached hydrogens (primary N) is 1. The molecule has 0 aliphatic carbocycles. The van der Waals surface area contributed by atoms with Crippen LogP contribution in [0.15, 0.2) is 39.7 Å². The van der Waals surface area contributed by atoms with E-state index in [1.807, 2.05) is 0 Å². The summed E-state index contributed by atoms with van der Waals surface area (Å²) in [5.41, 5.74) is -0.332. The van der Waals surface area contributed by atoms with E-state index in [2.05, 4.69) is 15.9 Å². The van der Waals surface area contributed by atoms with Gasteiger partial charge in [-0.1, -0.05) is 29.8 Å². The Balaban J connectivity index is 2.89. The third-order valence-electron chi connectivity index (χ3n) is 2.58. The molecule has 0 aliphatic rings. The molecule has 8 heteroatoms. The number of halogens is 4. The number of primary sulfonamides is 1. The normalized spacial score (nSPS) is 11.7.